The summed E-state index contributed by atoms with van der Waals surface area (Å²) in [5, 5.41) is 17.4. The van der Waals surface area contributed by atoms with Gasteiger partial charge in [0.1, 0.15) is 10.9 Å². The van der Waals surface area contributed by atoms with Crippen LogP contribution in [0.1, 0.15) is 6.92 Å². The number of carbonyl (C=O) groups is 1. The molecule has 0 aliphatic rings. The Kier molecular flexibility index (Phi) is 5.39. The summed E-state index contributed by atoms with van der Waals surface area (Å²) in [7, 11) is 0.899. The van der Waals surface area contributed by atoms with E-state index in [1.54, 1.807) is 33.3 Å². The number of hydrogen-bond acceptors (Lipinski definition) is 6. The van der Waals surface area contributed by atoms with Crippen LogP contribution in [0.5, 0.6) is 0 Å². The van der Waals surface area contributed by atoms with Crippen LogP contribution >= 0.6 is 0 Å². The van der Waals surface area contributed by atoms with Crippen LogP contribution in [-0.2, 0) is 14.8 Å². The molecule has 9 heteroatoms. The third-order valence-corrected chi connectivity index (χ3v) is 4.53. The highest BCUT2D eigenvalue weighted by molar-refractivity contribution is 7.89. The standard InChI is InChI=1S/C12H20N4O4S/c1-7(12(17)18)16-21(19,20)11-9(14-3)5-8(13-2)6-10(11)15-4/h5-7,13-16H,1-4H3,(H,17,18). The summed E-state index contributed by atoms with van der Waals surface area (Å²) < 4.78 is 27.0. The second kappa shape index (κ2) is 6.64. The second-order valence-electron chi connectivity index (χ2n) is 4.33. The van der Waals surface area contributed by atoms with Crippen molar-refractivity contribution in [1.82, 2.24) is 4.72 Å². The third-order valence-electron chi connectivity index (χ3n) is 2.89. The summed E-state index contributed by atoms with van der Waals surface area (Å²) in [4.78, 5) is 10.8. The average molecular weight is 316 g/mol. The normalized spacial score (nSPS) is 12.6. The van der Waals surface area contributed by atoms with Gasteiger partial charge in [-0.15, -0.1) is 0 Å². The van der Waals surface area contributed by atoms with Crippen LogP contribution in [0.4, 0.5) is 17.1 Å². The Balaban J connectivity index is 3.43. The molecule has 1 aromatic rings. The first-order chi connectivity index (χ1) is 9.76. The van der Waals surface area contributed by atoms with Crippen LogP contribution in [0.2, 0.25) is 0 Å². The maximum atomic E-state index is 12.4. The van der Waals surface area contributed by atoms with Crippen molar-refractivity contribution in [2.75, 3.05) is 37.1 Å². The molecule has 8 nitrogen and oxygen atoms in total. The molecular weight excluding hydrogens is 296 g/mol. The quantitative estimate of drug-likeness (QED) is 0.498. The summed E-state index contributed by atoms with van der Waals surface area (Å²) in [6, 6.07) is 2.02. The van der Waals surface area contributed by atoms with Crippen LogP contribution in [0.3, 0.4) is 0 Å². The first-order valence-corrected chi connectivity index (χ1v) is 7.71. The average Bonchev–Trinajstić information content (AvgIpc) is 2.44. The van der Waals surface area contributed by atoms with E-state index in [1.807, 2.05) is 0 Å². The van der Waals surface area contributed by atoms with Crippen molar-refractivity contribution < 1.29 is 18.3 Å². The lowest BCUT2D eigenvalue weighted by molar-refractivity contribution is -0.138. The van der Waals surface area contributed by atoms with E-state index in [0.29, 0.717) is 17.1 Å². The molecule has 0 bridgehead atoms. The molecular formula is C12H20N4O4S. The van der Waals surface area contributed by atoms with Gasteiger partial charge in [0.2, 0.25) is 10.0 Å². The van der Waals surface area contributed by atoms with Crippen molar-refractivity contribution in [1.29, 1.82) is 0 Å². The SMILES string of the molecule is CNc1cc(NC)c(S(=O)(=O)NC(C)C(=O)O)c(NC)c1. The monoisotopic (exact) mass is 316 g/mol. The van der Waals surface area contributed by atoms with Crippen LogP contribution in [0, 0.1) is 0 Å². The minimum absolute atomic E-state index is 0.0281. The van der Waals surface area contributed by atoms with E-state index in [0.717, 1.165) is 0 Å². The summed E-state index contributed by atoms with van der Waals surface area (Å²) >= 11 is 0. The van der Waals surface area contributed by atoms with Crippen LogP contribution in [-0.4, -0.2) is 46.7 Å². The lowest BCUT2D eigenvalue weighted by atomic mass is 10.2. The number of anilines is 3. The molecule has 0 aromatic heterocycles. The van der Waals surface area contributed by atoms with Crippen LogP contribution in [0.15, 0.2) is 17.0 Å². The van der Waals surface area contributed by atoms with Gasteiger partial charge in [0.25, 0.3) is 0 Å². The lowest BCUT2D eigenvalue weighted by Crippen LogP contribution is -2.38. The summed E-state index contributed by atoms with van der Waals surface area (Å²) in [6.07, 6.45) is 0. The van der Waals surface area contributed by atoms with Gasteiger partial charge < -0.3 is 21.1 Å². The van der Waals surface area contributed by atoms with Crippen molar-refractivity contribution in [3.63, 3.8) is 0 Å². The zero-order chi connectivity index (χ0) is 16.2. The molecule has 0 saturated heterocycles. The van der Waals surface area contributed by atoms with E-state index in [2.05, 4.69) is 20.7 Å². The number of nitrogens with one attached hydrogen (secondary N) is 4. The Morgan fingerprint density at radius 3 is 1.90 bits per heavy atom. The molecule has 5 N–H and O–H groups in total. The number of rotatable bonds is 7. The van der Waals surface area contributed by atoms with Crippen LogP contribution in [0.25, 0.3) is 0 Å². The zero-order valence-corrected chi connectivity index (χ0v) is 13.1. The maximum Gasteiger partial charge on any atom is 0.321 e. The fourth-order valence-electron chi connectivity index (χ4n) is 1.78. The molecule has 0 fully saturated rings. The van der Waals surface area contributed by atoms with Gasteiger partial charge in [-0.3, -0.25) is 4.79 Å². The molecule has 1 rings (SSSR count). The highest BCUT2D eigenvalue weighted by Gasteiger charge is 2.27. The van der Waals surface area contributed by atoms with Gasteiger partial charge in [0, 0.05) is 26.8 Å². The summed E-state index contributed by atoms with van der Waals surface area (Å²) in [5.74, 6) is -1.25. The minimum atomic E-state index is -4.00. The highest BCUT2D eigenvalue weighted by Crippen LogP contribution is 2.33. The van der Waals surface area contributed by atoms with E-state index < -0.39 is 22.0 Å². The molecule has 0 heterocycles. The molecule has 1 atom stereocenters. The number of aliphatic carboxylic acids is 1. The molecule has 0 aliphatic carbocycles. The minimum Gasteiger partial charge on any atom is -0.480 e. The number of hydrogen-bond donors (Lipinski definition) is 5. The Labute approximate surface area is 124 Å². The second-order valence-corrected chi connectivity index (χ2v) is 5.98. The molecule has 1 aromatic carbocycles. The van der Waals surface area contributed by atoms with Crippen LogP contribution < -0.4 is 20.7 Å². The van der Waals surface area contributed by atoms with E-state index in [9.17, 15) is 13.2 Å². The highest BCUT2D eigenvalue weighted by atomic mass is 32.2. The van der Waals surface area contributed by atoms with Gasteiger partial charge in [0.05, 0.1) is 11.4 Å². The molecule has 21 heavy (non-hydrogen) atoms. The predicted molar refractivity (Wildman–Crippen MR) is 82.5 cm³/mol. The van der Waals surface area contributed by atoms with Gasteiger partial charge in [-0.1, -0.05) is 0 Å². The van der Waals surface area contributed by atoms with Gasteiger partial charge >= 0.3 is 5.97 Å². The molecule has 0 spiro atoms. The molecule has 1 unspecified atom stereocenters. The fourth-order valence-corrected chi connectivity index (χ4v) is 3.36. The molecule has 0 amide bonds. The van der Waals surface area contributed by atoms with E-state index in [4.69, 9.17) is 5.11 Å². The number of sulfonamides is 1. The molecule has 0 aliphatic heterocycles. The smallest absolute Gasteiger partial charge is 0.321 e. The Morgan fingerprint density at radius 2 is 1.57 bits per heavy atom. The summed E-state index contributed by atoms with van der Waals surface area (Å²) in [5.41, 5.74) is 1.43. The van der Waals surface area contributed by atoms with Gasteiger partial charge in [-0.25, -0.2) is 8.42 Å². The van der Waals surface area contributed by atoms with E-state index in [1.165, 1.54) is 6.92 Å². The molecule has 0 radical (unpaired) electrons. The number of carboxylic acids is 1. The Bertz CT molecular complexity index is 605. The Hall–Kier alpha value is -2.00. The zero-order valence-electron chi connectivity index (χ0n) is 12.3. The Morgan fingerprint density at radius 1 is 1.10 bits per heavy atom. The molecule has 118 valence electrons. The summed E-state index contributed by atoms with van der Waals surface area (Å²) in [6.45, 7) is 1.26. The van der Waals surface area contributed by atoms with E-state index >= 15 is 0 Å². The van der Waals surface area contributed by atoms with Gasteiger partial charge in [0.15, 0.2) is 0 Å². The van der Waals surface area contributed by atoms with E-state index in [-0.39, 0.29) is 4.90 Å². The van der Waals surface area contributed by atoms with Crippen molar-refractivity contribution in [3.05, 3.63) is 12.1 Å². The predicted octanol–water partition coefficient (Wildman–Crippen LogP) is 0.563. The third kappa shape index (κ3) is 3.76. The van der Waals surface area contributed by atoms with Crippen molar-refractivity contribution >= 4 is 33.1 Å². The largest absolute Gasteiger partial charge is 0.480 e. The number of carboxylic acid groups (broad SMARTS) is 1. The first kappa shape index (κ1) is 17.1. The van der Waals surface area contributed by atoms with Gasteiger partial charge in [-0.05, 0) is 19.1 Å². The van der Waals surface area contributed by atoms with Gasteiger partial charge in [-0.2, -0.15) is 4.72 Å². The van der Waals surface area contributed by atoms with Crippen molar-refractivity contribution in [3.8, 4) is 0 Å². The maximum absolute atomic E-state index is 12.4. The van der Waals surface area contributed by atoms with Crippen molar-refractivity contribution in [2.24, 2.45) is 0 Å². The lowest BCUT2D eigenvalue weighted by Gasteiger charge is -2.18. The number of benzene rings is 1. The topological polar surface area (TPSA) is 120 Å². The molecule has 0 saturated carbocycles. The van der Waals surface area contributed by atoms with Crippen molar-refractivity contribution in [2.45, 2.75) is 17.9 Å². The fraction of sp³-hybridized carbons (Fsp3) is 0.417. The first-order valence-electron chi connectivity index (χ1n) is 6.23.